The Morgan fingerprint density at radius 1 is 0.886 bits per heavy atom. The van der Waals surface area contributed by atoms with E-state index in [9.17, 15) is 14.4 Å². The van der Waals surface area contributed by atoms with Crippen LogP contribution in [0, 0.1) is 5.41 Å². The fraction of sp³-hybridized carbons (Fsp3) is 0.179. The van der Waals surface area contributed by atoms with E-state index >= 15 is 0 Å². The minimum Gasteiger partial charge on any atom is -0.468 e. The molecule has 0 saturated heterocycles. The van der Waals surface area contributed by atoms with Crippen molar-refractivity contribution in [2.24, 2.45) is 5.41 Å². The van der Waals surface area contributed by atoms with Crippen molar-refractivity contribution in [2.75, 3.05) is 14.2 Å². The van der Waals surface area contributed by atoms with Crippen molar-refractivity contribution in [1.82, 2.24) is 4.57 Å². The number of ketones is 1. The lowest BCUT2D eigenvalue weighted by Gasteiger charge is -2.41. The Morgan fingerprint density at radius 2 is 1.49 bits per heavy atom. The molecule has 0 spiro atoms. The number of halogens is 1. The Hall–Kier alpha value is -3.90. The Morgan fingerprint density at radius 3 is 2.11 bits per heavy atom. The summed E-state index contributed by atoms with van der Waals surface area (Å²) in [6.45, 7) is 0. The number of aromatic nitrogens is 1. The molecule has 1 atom stereocenters. The van der Waals surface area contributed by atoms with Crippen LogP contribution in [-0.4, -0.2) is 36.5 Å². The van der Waals surface area contributed by atoms with Gasteiger partial charge in [-0.2, -0.15) is 0 Å². The number of nitrogens with zero attached hydrogens (tertiary/aromatic N) is 1. The van der Waals surface area contributed by atoms with Gasteiger partial charge in [0.15, 0.2) is 11.2 Å². The van der Waals surface area contributed by atoms with E-state index in [2.05, 4.69) is 0 Å². The minimum atomic E-state index is -1.92. The third-order valence-corrected chi connectivity index (χ3v) is 6.94. The van der Waals surface area contributed by atoms with Crippen LogP contribution in [0.25, 0.3) is 22.0 Å². The Labute approximate surface area is 207 Å². The number of benzene rings is 3. The standard InChI is InChI=1S/C28H22ClNO5/c1-34-26(32)28(27(33)35-2)16-22(31)24-23(17-8-4-3-5-9-17)20-10-6-7-11-21(20)30(24)25(28)18-12-14-19(29)15-13-18/h3-15,25H,16H2,1-2H3. The number of carbonyl (C=O) groups is 3. The number of hydrogen-bond acceptors (Lipinski definition) is 5. The van der Waals surface area contributed by atoms with E-state index in [4.69, 9.17) is 21.1 Å². The zero-order valence-electron chi connectivity index (χ0n) is 19.2. The van der Waals surface area contributed by atoms with E-state index in [0.717, 1.165) is 16.5 Å². The molecule has 3 aromatic carbocycles. The van der Waals surface area contributed by atoms with Crippen molar-refractivity contribution in [3.63, 3.8) is 0 Å². The van der Waals surface area contributed by atoms with Crippen molar-refractivity contribution >= 4 is 40.2 Å². The Bertz CT molecular complexity index is 1440. The lowest BCUT2D eigenvalue weighted by Crippen LogP contribution is -2.53. The number of rotatable bonds is 4. The van der Waals surface area contributed by atoms with Crippen LogP contribution < -0.4 is 0 Å². The van der Waals surface area contributed by atoms with Gasteiger partial charge in [0.2, 0.25) is 0 Å². The van der Waals surface area contributed by atoms with E-state index in [-0.39, 0.29) is 5.78 Å². The molecule has 35 heavy (non-hydrogen) atoms. The van der Waals surface area contributed by atoms with Crippen molar-refractivity contribution in [2.45, 2.75) is 12.5 Å². The predicted molar refractivity (Wildman–Crippen MR) is 132 cm³/mol. The quantitative estimate of drug-likeness (QED) is 0.282. The zero-order valence-corrected chi connectivity index (χ0v) is 19.9. The summed E-state index contributed by atoms with van der Waals surface area (Å²) in [7, 11) is 2.41. The molecular weight excluding hydrogens is 466 g/mol. The van der Waals surface area contributed by atoms with Gasteiger partial charge in [-0.1, -0.05) is 72.3 Å². The number of fused-ring (bicyclic) bond motifs is 3. The van der Waals surface area contributed by atoms with Crippen LogP contribution in [0.4, 0.5) is 0 Å². The molecule has 1 unspecified atom stereocenters. The maximum Gasteiger partial charge on any atom is 0.326 e. The van der Waals surface area contributed by atoms with Crippen LogP contribution in [0.2, 0.25) is 5.02 Å². The van der Waals surface area contributed by atoms with E-state index in [1.54, 1.807) is 28.8 Å². The number of methoxy groups -OCH3 is 2. The van der Waals surface area contributed by atoms with Crippen molar-refractivity contribution in [3.8, 4) is 11.1 Å². The van der Waals surface area contributed by atoms with Crippen molar-refractivity contribution in [3.05, 3.63) is 95.1 Å². The van der Waals surface area contributed by atoms with E-state index in [1.807, 2.05) is 54.6 Å². The summed E-state index contributed by atoms with van der Waals surface area (Å²) in [5.74, 6) is -2.01. The van der Waals surface area contributed by atoms with Crippen LogP contribution in [0.5, 0.6) is 0 Å². The number of carbonyl (C=O) groups excluding carboxylic acids is 3. The van der Waals surface area contributed by atoms with Gasteiger partial charge in [0.05, 0.1) is 26.0 Å². The second-order valence-corrected chi connectivity index (χ2v) is 8.92. The first-order valence-electron chi connectivity index (χ1n) is 11.1. The summed E-state index contributed by atoms with van der Waals surface area (Å²) in [6, 6.07) is 23.2. The molecule has 5 rings (SSSR count). The monoisotopic (exact) mass is 487 g/mol. The first-order chi connectivity index (χ1) is 16.9. The van der Waals surface area contributed by atoms with Gasteiger partial charge in [-0.15, -0.1) is 0 Å². The predicted octanol–water partition coefficient (Wildman–Crippen LogP) is 5.47. The van der Waals surface area contributed by atoms with Crippen molar-refractivity contribution in [1.29, 1.82) is 0 Å². The zero-order chi connectivity index (χ0) is 24.7. The molecule has 2 heterocycles. The van der Waals surface area contributed by atoms with E-state index in [0.29, 0.717) is 21.8 Å². The number of esters is 2. The summed E-state index contributed by atoms with van der Waals surface area (Å²) >= 11 is 6.16. The lowest BCUT2D eigenvalue weighted by atomic mass is 9.70. The molecule has 0 fully saturated rings. The highest BCUT2D eigenvalue weighted by Crippen LogP contribution is 2.52. The fourth-order valence-electron chi connectivity index (χ4n) is 5.25. The van der Waals surface area contributed by atoms with Gasteiger partial charge < -0.3 is 14.0 Å². The van der Waals surface area contributed by atoms with Gasteiger partial charge >= 0.3 is 11.9 Å². The largest absolute Gasteiger partial charge is 0.468 e. The first kappa shape index (κ1) is 22.9. The number of Topliss-reactive ketones (excluding diaryl/α,β-unsaturated/α-hetero) is 1. The first-order valence-corrected chi connectivity index (χ1v) is 11.5. The Balaban J connectivity index is 1.95. The Kier molecular flexibility index (Phi) is 5.69. The molecule has 4 aromatic rings. The van der Waals surface area contributed by atoms with Gasteiger partial charge in [0, 0.05) is 27.9 Å². The highest BCUT2D eigenvalue weighted by atomic mass is 35.5. The molecule has 0 saturated carbocycles. The third-order valence-electron chi connectivity index (χ3n) is 6.69. The average molecular weight is 488 g/mol. The number of hydrogen-bond donors (Lipinski definition) is 0. The lowest BCUT2D eigenvalue weighted by molar-refractivity contribution is -0.172. The van der Waals surface area contributed by atoms with Gasteiger partial charge in [-0.25, -0.2) is 0 Å². The maximum atomic E-state index is 13.9. The van der Waals surface area contributed by atoms with E-state index < -0.39 is 29.8 Å². The summed E-state index contributed by atoms with van der Waals surface area (Å²) in [5.41, 5.74) is 1.47. The topological polar surface area (TPSA) is 74.6 Å². The highest BCUT2D eigenvalue weighted by Gasteiger charge is 2.61. The highest BCUT2D eigenvalue weighted by molar-refractivity contribution is 6.30. The molecule has 1 aromatic heterocycles. The van der Waals surface area contributed by atoms with Crippen LogP contribution >= 0.6 is 11.6 Å². The van der Waals surface area contributed by atoms with Crippen LogP contribution in [0.1, 0.15) is 28.5 Å². The summed E-state index contributed by atoms with van der Waals surface area (Å²) in [6.07, 6.45) is -0.393. The second kappa shape index (κ2) is 8.71. The molecule has 0 aliphatic carbocycles. The molecular formula is C28H22ClNO5. The molecule has 0 bridgehead atoms. The minimum absolute atomic E-state index is 0.346. The molecule has 176 valence electrons. The third kappa shape index (κ3) is 3.36. The van der Waals surface area contributed by atoms with Gasteiger partial charge in [-0.05, 0) is 29.3 Å². The van der Waals surface area contributed by atoms with Gasteiger partial charge in [0.1, 0.15) is 0 Å². The average Bonchev–Trinajstić information content (AvgIpc) is 3.24. The van der Waals surface area contributed by atoms with Crippen LogP contribution in [0.3, 0.4) is 0 Å². The molecule has 7 heteroatoms. The molecule has 0 amide bonds. The van der Waals surface area contributed by atoms with Crippen LogP contribution in [0.15, 0.2) is 78.9 Å². The summed E-state index contributed by atoms with van der Waals surface area (Å²) < 4.78 is 12.0. The fourth-order valence-corrected chi connectivity index (χ4v) is 5.38. The molecule has 1 aliphatic heterocycles. The van der Waals surface area contributed by atoms with Crippen molar-refractivity contribution < 1.29 is 23.9 Å². The van der Waals surface area contributed by atoms with Crippen LogP contribution in [-0.2, 0) is 19.1 Å². The van der Waals surface area contributed by atoms with Gasteiger partial charge in [-0.3, -0.25) is 14.4 Å². The molecule has 6 nitrogen and oxygen atoms in total. The molecule has 0 N–H and O–H groups in total. The smallest absolute Gasteiger partial charge is 0.326 e. The summed E-state index contributed by atoms with van der Waals surface area (Å²) in [4.78, 5) is 40.7. The molecule has 1 aliphatic rings. The number of para-hydroxylation sites is 1. The number of ether oxygens (including phenoxy) is 2. The van der Waals surface area contributed by atoms with Gasteiger partial charge in [0.25, 0.3) is 0 Å². The SMILES string of the molecule is COC(=O)C1(C(=O)OC)CC(=O)c2c(-c3ccccc3)c3ccccc3n2C1c1ccc(Cl)cc1. The second-order valence-electron chi connectivity index (χ2n) is 8.49. The molecule has 0 radical (unpaired) electrons. The van der Waals surface area contributed by atoms with E-state index in [1.165, 1.54) is 14.2 Å². The summed E-state index contributed by atoms with van der Waals surface area (Å²) in [5, 5.41) is 1.34. The normalized spacial score (nSPS) is 16.5. The maximum absolute atomic E-state index is 13.9.